The molecule has 10 saturated heterocycles. The minimum atomic E-state index is -3.40. The zero-order valence-corrected chi connectivity index (χ0v) is 15.7. The summed E-state index contributed by atoms with van der Waals surface area (Å²) in [5.74, 6) is 1.17. The van der Waals surface area contributed by atoms with E-state index in [0.717, 1.165) is 15.2 Å². The molecule has 0 aromatic heterocycles. The molecule has 4 atom stereocenters. The van der Waals surface area contributed by atoms with Gasteiger partial charge >= 0.3 is 136 Å². The molecule has 1 aromatic carbocycles. The number of hydrogen-bond acceptors (Lipinski definition) is 3. The van der Waals surface area contributed by atoms with Gasteiger partial charge in [0.1, 0.15) is 0 Å². The van der Waals surface area contributed by atoms with Crippen LogP contribution in [0.3, 0.4) is 0 Å². The molecule has 0 bridgehead atoms. The van der Waals surface area contributed by atoms with Crippen LogP contribution >= 0.6 is 0 Å². The normalized spacial score (nSPS) is 85.2. The van der Waals surface area contributed by atoms with Gasteiger partial charge in [-0.05, 0) is 0 Å². The molecule has 0 saturated carbocycles. The van der Waals surface area contributed by atoms with E-state index < -0.39 is 6.51 Å². The van der Waals surface area contributed by atoms with E-state index in [0.29, 0.717) is 11.5 Å². The fourth-order valence-electron chi connectivity index (χ4n) is 17.9. The predicted octanol–water partition coefficient (Wildman–Crippen LogP) is 5.74. The zero-order chi connectivity index (χ0) is 16.5. The van der Waals surface area contributed by atoms with Crippen LogP contribution in [-0.2, 0) is 11.4 Å². The molecule has 1 spiro atoms. The van der Waals surface area contributed by atoms with Crippen molar-refractivity contribution in [1.29, 1.82) is 0 Å². The van der Waals surface area contributed by atoms with Gasteiger partial charge in [-0.2, -0.15) is 0 Å². The summed E-state index contributed by atoms with van der Waals surface area (Å²) in [7, 11) is 0. The summed E-state index contributed by atoms with van der Waals surface area (Å²) in [6, 6.07) is 7.89. The van der Waals surface area contributed by atoms with E-state index in [9.17, 15) is 4.79 Å². The molecule has 0 aliphatic carbocycles. The Hall–Kier alpha value is -0.831. The minimum absolute atomic E-state index is 0.250. The molecule has 11 rings (SSSR count). The molecule has 10 heterocycles. The first-order valence-corrected chi connectivity index (χ1v) is 16.2. The Labute approximate surface area is 136 Å². The van der Waals surface area contributed by atoms with Crippen LogP contribution in [0.25, 0.3) is 0 Å². The van der Waals surface area contributed by atoms with Crippen LogP contribution in [0.4, 0.5) is 0 Å². The summed E-state index contributed by atoms with van der Waals surface area (Å²) >= 11 is 0. The van der Waals surface area contributed by atoms with Crippen molar-refractivity contribution in [2.45, 2.75) is 74.0 Å². The van der Waals surface area contributed by atoms with Crippen molar-refractivity contribution < 1.29 is 21.1 Å². The molecule has 4 unspecified atom stereocenters. The van der Waals surface area contributed by atoms with E-state index in [1.807, 2.05) is 45.0 Å². The number of ketones is 1. The zero-order valence-electron chi connectivity index (χ0n) is 14.6. The van der Waals surface area contributed by atoms with Gasteiger partial charge in [0.25, 0.3) is 0 Å². The van der Waals surface area contributed by atoms with E-state index in [4.69, 9.17) is 9.78 Å². The summed E-state index contributed by atoms with van der Waals surface area (Å²) in [6.07, 6.45) is 0. The quantitative estimate of drug-likeness (QED) is 0.290. The second-order valence-corrected chi connectivity index (χ2v) is 37.3. The summed E-state index contributed by atoms with van der Waals surface area (Å²) in [5.41, 5.74) is 0.455. The van der Waals surface area contributed by atoms with Gasteiger partial charge in [-0.25, -0.2) is 0 Å². The third kappa shape index (κ3) is 0.182. The topological polar surface area (TPSA) is 35.5 Å². The van der Waals surface area contributed by atoms with Gasteiger partial charge < -0.3 is 0 Å². The van der Waals surface area contributed by atoms with Gasteiger partial charge in [-0.3, -0.25) is 0 Å². The first kappa shape index (κ1) is 11.1. The summed E-state index contributed by atoms with van der Waals surface area (Å²) in [4.78, 5) is 35.5. The van der Waals surface area contributed by atoms with Gasteiger partial charge in [-0.15, -0.1) is 0 Å². The second kappa shape index (κ2) is 1.18. The monoisotopic (exact) mass is 378 g/mol. The maximum atomic E-state index is 14.1. The van der Waals surface area contributed by atoms with Crippen LogP contribution < -0.4 is 4.89 Å². The average molecular weight is 378 g/mol. The fourth-order valence-corrected chi connectivity index (χ4v) is 91.7. The standard InChI is InChI=1S/C16H17O3.C5H5.Fe/c1-16(2,3)19-18-14-11-7-6-10-13(14)15(17)12-8-4-5-9-12;1-2-4-5-3-1;/h4-11H,1-3H3;1-5H;. The van der Waals surface area contributed by atoms with Crippen LogP contribution in [0.5, 0.6) is 5.75 Å². The average Bonchev–Trinajstić information content (AvgIpc) is 3.52. The summed E-state index contributed by atoms with van der Waals surface area (Å²) in [5, 5.41) is 0. The Bertz CT molecular complexity index is 1310. The number of hydrogen-bond donors (Lipinski definition) is 0. The number of Topliss-reactive ketones (excluding diaryl/α,β-unsaturated/α-hetero) is 1. The van der Waals surface area contributed by atoms with E-state index in [1.165, 1.54) is 33.7 Å². The van der Waals surface area contributed by atoms with Gasteiger partial charge in [0, 0.05) is 0 Å². The summed E-state index contributed by atoms with van der Waals surface area (Å²) in [6.45, 7) is 2.52. The molecule has 0 amide bonds. The Morgan fingerprint density at radius 3 is 1.96 bits per heavy atom. The first-order chi connectivity index (χ1) is 11.7. The molecule has 0 radical (unpaired) electrons. The molecule has 1 aromatic rings. The molecule has 0 N–H and O–H groups in total. The van der Waals surface area contributed by atoms with Gasteiger partial charge in [0.05, 0.1) is 0 Å². The van der Waals surface area contributed by atoms with Gasteiger partial charge in [0.2, 0.25) is 0 Å². The van der Waals surface area contributed by atoms with Crippen LogP contribution in [0.1, 0.15) is 31.1 Å². The molecular formula is C21H22FeO3. The van der Waals surface area contributed by atoms with E-state index in [1.54, 1.807) is 0 Å². The molecule has 10 aliphatic rings. The third-order valence-corrected chi connectivity index (χ3v) is 58.8. The molecule has 25 heavy (non-hydrogen) atoms. The predicted molar refractivity (Wildman–Crippen MR) is 88.7 cm³/mol. The number of carbonyl (C=O) groups excluding carboxylic acids is 1. The van der Waals surface area contributed by atoms with E-state index in [2.05, 4.69) is 0 Å². The number of para-hydroxylation sites is 1. The Morgan fingerprint density at radius 2 is 1.52 bits per heavy atom. The van der Waals surface area contributed by atoms with Gasteiger partial charge in [-0.1, -0.05) is 0 Å². The molecule has 132 valence electrons. The third-order valence-electron chi connectivity index (χ3n) is 16.5. The number of rotatable bonds is 4. The van der Waals surface area contributed by atoms with Crippen molar-refractivity contribution in [3.05, 3.63) is 29.8 Å². The number of fused-ring (bicyclic) bond motifs is 10. The Morgan fingerprint density at radius 1 is 0.960 bits per heavy atom. The van der Waals surface area contributed by atoms with Crippen molar-refractivity contribution >= 4 is 5.78 Å². The van der Waals surface area contributed by atoms with Crippen molar-refractivity contribution in [3.63, 3.8) is 0 Å². The van der Waals surface area contributed by atoms with E-state index >= 15 is 0 Å². The van der Waals surface area contributed by atoms with E-state index in [-0.39, 0.29) is 9.91 Å². The maximum absolute atomic E-state index is 14.1. The second-order valence-electron chi connectivity index (χ2n) is 13.8. The SMILES string of the molecule is CC(C)(C)OOc1ccccc1C(=O)[C]12[CH]3[CH]4[CH]5[CH]1[Fe]45321678[CH]2[CH]1[CH]6[CH]7[CH]28. The Balaban J connectivity index is 1.15. The Kier molecular flexibility index (Phi) is 0.525. The van der Waals surface area contributed by atoms with Crippen molar-refractivity contribution in [2.24, 2.45) is 0 Å². The van der Waals surface area contributed by atoms with Crippen LogP contribution in [0.15, 0.2) is 24.3 Å². The van der Waals surface area contributed by atoms with Crippen molar-refractivity contribution in [3.8, 4) is 5.75 Å². The molecule has 10 aliphatic heterocycles. The molecule has 10 fully saturated rings. The molecule has 3 nitrogen and oxygen atoms in total. The van der Waals surface area contributed by atoms with Crippen LogP contribution in [0.2, 0.25) is 47.7 Å². The van der Waals surface area contributed by atoms with Crippen molar-refractivity contribution in [2.75, 3.05) is 0 Å². The number of benzene rings is 1. The summed E-state index contributed by atoms with van der Waals surface area (Å²) < 4.78 is 0.250. The van der Waals surface area contributed by atoms with Crippen LogP contribution in [0, 0.1) is 0 Å². The molecular weight excluding hydrogens is 356 g/mol. The van der Waals surface area contributed by atoms with Gasteiger partial charge in [0.15, 0.2) is 0 Å². The molecule has 4 heteroatoms. The van der Waals surface area contributed by atoms with Crippen molar-refractivity contribution in [1.82, 2.24) is 0 Å². The first-order valence-electron chi connectivity index (χ1n) is 9.86. The fraction of sp³-hybridized carbons (Fsp3) is 0.667. The van der Waals surface area contributed by atoms with Crippen LogP contribution in [-0.4, -0.2) is 11.4 Å². The number of carbonyl (C=O) groups is 1.